The molecule has 2 saturated heterocycles. The van der Waals surface area contributed by atoms with Crippen molar-refractivity contribution < 1.29 is 27.7 Å². The third kappa shape index (κ3) is 9.92. The number of benzene rings is 2. The van der Waals surface area contributed by atoms with Crippen LogP contribution in [-0.4, -0.2) is 101 Å². The Bertz CT molecular complexity index is 2750. The summed E-state index contributed by atoms with van der Waals surface area (Å²) in [4.78, 5) is 56.5. The van der Waals surface area contributed by atoms with Crippen LogP contribution in [0.4, 0.5) is 17.2 Å². The Hall–Kier alpha value is -5.87. The van der Waals surface area contributed by atoms with Gasteiger partial charge in [0.2, 0.25) is 11.7 Å². The molecule has 15 nitrogen and oxygen atoms in total. The third-order valence-corrected chi connectivity index (χ3v) is 16.7. The second kappa shape index (κ2) is 19.0. The zero-order valence-corrected chi connectivity index (χ0v) is 39.8. The van der Waals surface area contributed by atoms with E-state index in [0.717, 1.165) is 101 Å². The van der Waals surface area contributed by atoms with Gasteiger partial charge in [-0.1, -0.05) is 57.9 Å². The Labute approximate surface area is 392 Å². The number of nitro groups is 1. The monoisotopic (exact) mass is 930 g/mol. The lowest BCUT2D eigenvalue weighted by Gasteiger charge is -2.58. The first-order valence-electron chi connectivity index (χ1n) is 23.9. The SMILES string of the molecule is CC(=O)N1CCN(C2CC3(CCN(c4ccc(C(=O)CS(=O)(=O)c5cnc(NCC6CCC(C)CC6)c([N+](=O)[O-])c5)c(Oc5cnc6[nH]ccc6c5)c4)CC3)C2)[C@H](c2ccccc2C(C)C)C1. The number of ether oxygens (including phenoxy) is 1. The van der Waals surface area contributed by atoms with Gasteiger partial charge in [0.1, 0.15) is 22.9 Å². The van der Waals surface area contributed by atoms with Crippen molar-refractivity contribution in [2.45, 2.75) is 102 Å². The highest BCUT2D eigenvalue weighted by atomic mass is 32.2. The molecule has 0 radical (unpaired) electrons. The number of nitrogens with zero attached hydrogens (tertiary/aromatic N) is 6. The molecule has 354 valence electrons. The number of fused-ring (bicyclic) bond motifs is 1. The van der Waals surface area contributed by atoms with Crippen LogP contribution in [0.3, 0.4) is 0 Å². The van der Waals surface area contributed by atoms with Crippen molar-refractivity contribution in [1.82, 2.24) is 24.8 Å². The molecule has 1 atom stereocenters. The van der Waals surface area contributed by atoms with Crippen molar-refractivity contribution in [1.29, 1.82) is 0 Å². The second-order valence-electron chi connectivity index (χ2n) is 19.9. The van der Waals surface area contributed by atoms with Gasteiger partial charge >= 0.3 is 5.69 Å². The highest BCUT2D eigenvalue weighted by Gasteiger charge is 2.50. The number of aromatic nitrogens is 3. The average molecular weight is 931 g/mol. The van der Waals surface area contributed by atoms with E-state index >= 15 is 0 Å². The number of piperidine rings is 1. The predicted molar refractivity (Wildman–Crippen MR) is 259 cm³/mol. The quantitative estimate of drug-likeness (QED) is 0.0612. The molecule has 5 aromatic rings. The van der Waals surface area contributed by atoms with Gasteiger partial charge in [0, 0.05) is 87.8 Å². The highest BCUT2D eigenvalue weighted by Crippen LogP contribution is 2.53. The first-order valence-corrected chi connectivity index (χ1v) is 25.5. The Balaban J connectivity index is 0.904. The van der Waals surface area contributed by atoms with Crippen LogP contribution in [0.2, 0.25) is 0 Å². The van der Waals surface area contributed by atoms with Gasteiger partial charge in [-0.2, -0.15) is 0 Å². The van der Waals surface area contributed by atoms with E-state index in [1.54, 1.807) is 37.5 Å². The zero-order valence-electron chi connectivity index (χ0n) is 38.9. The number of aromatic amines is 1. The number of anilines is 2. The molecule has 3 aromatic heterocycles. The molecule has 9 rings (SSSR count). The van der Waals surface area contributed by atoms with Crippen LogP contribution in [0.5, 0.6) is 11.5 Å². The third-order valence-electron chi connectivity index (χ3n) is 15.1. The summed E-state index contributed by atoms with van der Waals surface area (Å²) in [7, 11) is -4.37. The fourth-order valence-electron chi connectivity index (χ4n) is 11.1. The van der Waals surface area contributed by atoms with Gasteiger partial charge in [0.25, 0.3) is 0 Å². The molecule has 1 amide bonds. The molecule has 2 aliphatic carbocycles. The summed E-state index contributed by atoms with van der Waals surface area (Å²) in [5.74, 6) is 0.434. The van der Waals surface area contributed by atoms with Gasteiger partial charge in [-0.25, -0.2) is 18.4 Å². The smallest absolute Gasteiger partial charge is 0.312 e. The number of nitrogens with one attached hydrogen (secondary N) is 2. The number of hydrogen-bond donors (Lipinski definition) is 2. The van der Waals surface area contributed by atoms with Gasteiger partial charge in [-0.15, -0.1) is 0 Å². The maximum atomic E-state index is 14.1. The van der Waals surface area contributed by atoms with Crippen LogP contribution in [0.25, 0.3) is 11.0 Å². The molecule has 1 spiro atoms. The van der Waals surface area contributed by atoms with Crippen LogP contribution >= 0.6 is 0 Å². The topological polar surface area (TPSA) is 184 Å². The second-order valence-corrected chi connectivity index (χ2v) is 21.9. The summed E-state index contributed by atoms with van der Waals surface area (Å²) in [6, 6.07) is 19.2. The number of carbonyl (C=O) groups excluding carboxylic acids is 2. The molecule has 4 fully saturated rings. The molecule has 0 unspecified atom stereocenters. The lowest BCUT2D eigenvalue weighted by Crippen LogP contribution is -2.60. The molecule has 2 N–H and O–H groups in total. The maximum Gasteiger partial charge on any atom is 0.312 e. The van der Waals surface area contributed by atoms with Crippen LogP contribution in [-0.2, 0) is 14.6 Å². The van der Waals surface area contributed by atoms with E-state index < -0.39 is 36.9 Å². The number of carbonyl (C=O) groups is 2. The molecule has 2 aliphatic heterocycles. The number of piperazine rings is 1. The molecular formula is C51H62N8O7S. The predicted octanol–water partition coefficient (Wildman–Crippen LogP) is 9.33. The van der Waals surface area contributed by atoms with Crippen molar-refractivity contribution in [3.8, 4) is 11.5 Å². The summed E-state index contributed by atoms with van der Waals surface area (Å²) in [5.41, 5.74) is 4.02. The normalized spacial score (nSPS) is 21.4. The van der Waals surface area contributed by atoms with Crippen LogP contribution < -0.4 is 15.0 Å². The minimum atomic E-state index is -4.37. The Morgan fingerprint density at radius 3 is 2.46 bits per heavy atom. The molecule has 2 aromatic carbocycles. The van der Waals surface area contributed by atoms with E-state index in [9.17, 15) is 28.1 Å². The van der Waals surface area contributed by atoms with E-state index in [2.05, 4.69) is 75.1 Å². The van der Waals surface area contributed by atoms with E-state index in [0.29, 0.717) is 48.3 Å². The molecule has 4 aliphatic rings. The number of Topliss-reactive ketones (excluding diaryl/α,β-unsaturated/α-hetero) is 1. The number of ketones is 1. The van der Waals surface area contributed by atoms with Gasteiger partial charge in [-0.3, -0.25) is 24.6 Å². The first kappa shape index (κ1) is 46.2. The largest absolute Gasteiger partial charge is 0.455 e. The molecule has 67 heavy (non-hydrogen) atoms. The van der Waals surface area contributed by atoms with Crippen LogP contribution in [0, 0.1) is 27.4 Å². The average Bonchev–Trinajstić information content (AvgIpc) is 3.78. The van der Waals surface area contributed by atoms with Crippen molar-refractivity contribution in [2.24, 2.45) is 17.3 Å². The molecule has 0 bridgehead atoms. The number of amides is 1. The van der Waals surface area contributed by atoms with E-state index in [1.165, 1.54) is 11.1 Å². The van der Waals surface area contributed by atoms with Crippen LogP contribution in [0.15, 0.2) is 84.1 Å². The molecule has 16 heteroatoms. The lowest BCUT2D eigenvalue weighted by molar-refractivity contribution is -0.384. The fourth-order valence-corrected chi connectivity index (χ4v) is 12.2. The summed E-state index contributed by atoms with van der Waals surface area (Å²) >= 11 is 0. The number of H-pyrrole nitrogens is 1. The summed E-state index contributed by atoms with van der Waals surface area (Å²) < 4.78 is 34.1. The number of rotatable bonds is 14. The fraction of sp³-hybridized carbons (Fsp3) is 0.490. The van der Waals surface area contributed by atoms with Crippen LogP contribution in [0.1, 0.15) is 113 Å². The van der Waals surface area contributed by atoms with Gasteiger partial charge < -0.3 is 24.8 Å². The maximum absolute atomic E-state index is 14.1. The van der Waals surface area contributed by atoms with Gasteiger partial charge in [0.15, 0.2) is 15.6 Å². The summed E-state index contributed by atoms with van der Waals surface area (Å²) in [5, 5.41) is 16.1. The highest BCUT2D eigenvalue weighted by molar-refractivity contribution is 7.92. The van der Waals surface area contributed by atoms with Crippen molar-refractivity contribution in [2.75, 3.05) is 55.2 Å². The molecular weight excluding hydrogens is 869 g/mol. The standard InChI is InChI=1S/C51H62N8O7S/c1-33(2)42-7-5-6-8-43(42)46-31-57(35(4)60)21-22-58(46)39-26-51(27-39)16-19-56(20-17-51)38-13-14-44(48(24-38)66-40-23-37-15-18-52-49(37)54-29-40)47(61)32-67(64,65)41-25-45(59(62)63)50(55-30-41)53-28-36-11-9-34(3)10-12-36/h5-8,13-15,18,23-25,29-30,33-34,36,39,46H,9-12,16-17,19-22,26-28,31-32H2,1-4H3,(H,52,54)(H,53,55)/t34?,36?,46-/m0/s1. The Kier molecular flexibility index (Phi) is 13.1. The zero-order chi connectivity index (χ0) is 47.0. The van der Waals surface area contributed by atoms with Crippen molar-refractivity contribution in [3.63, 3.8) is 0 Å². The summed E-state index contributed by atoms with van der Waals surface area (Å²) in [6.45, 7) is 12.8. The molecule has 2 saturated carbocycles. The number of hydrogen-bond acceptors (Lipinski definition) is 12. The minimum absolute atomic E-state index is 0.00929. The van der Waals surface area contributed by atoms with Gasteiger partial charge in [0.05, 0.1) is 27.6 Å². The van der Waals surface area contributed by atoms with Gasteiger partial charge in [-0.05, 0) is 97.1 Å². The molecule has 5 heterocycles. The van der Waals surface area contributed by atoms with Crippen molar-refractivity contribution >= 4 is 49.8 Å². The minimum Gasteiger partial charge on any atom is -0.455 e. The Morgan fingerprint density at radius 2 is 1.73 bits per heavy atom. The lowest BCUT2D eigenvalue weighted by atomic mass is 9.59. The summed E-state index contributed by atoms with van der Waals surface area (Å²) in [6.07, 6.45) is 12.8. The van der Waals surface area contributed by atoms with E-state index in [-0.39, 0.29) is 34.5 Å². The van der Waals surface area contributed by atoms with E-state index in [1.807, 2.05) is 17.0 Å². The first-order chi connectivity index (χ1) is 32.1. The Morgan fingerprint density at radius 1 is 0.970 bits per heavy atom. The number of pyridine rings is 2. The number of sulfone groups is 1. The van der Waals surface area contributed by atoms with E-state index in [4.69, 9.17) is 4.74 Å². The van der Waals surface area contributed by atoms with Crippen molar-refractivity contribution in [3.05, 3.63) is 106 Å².